The highest BCUT2D eigenvalue weighted by Crippen LogP contribution is 2.35. The van der Waals surface area contributed by atoms with Crippen LogP contribution >= 0.6 is 0 Å². The lowest BCUT2D eigenvalue weighted by molar-refractivity contribution is -0.106. The van der Waals surface area contributed by atoms with Crippen molar-refractivity contribution < 1.29 is 10.2 Å². The highest BCUT2D eigenvalue weighted by Gasteiger charge is 2.38. The highest BCUT2D eigenvalue weighted by atomic mass is 16.3. The molecule has 1 rings (SSSR count). The first-order valence-electron chi connectivity index (χ1n) is 5.58. The summed E-state index contributed by atoms with van der Waals surface area (Å²) in [4.78, 5) is 0. The summed E-state index contributed by atoms with van der Waals surface area (Å²) in [5.41, 5.74) is -0.413. The normalized spacial score (nSPS) is 16.8. The van der Waals surface area contributed by atoms with Crippen LogP contribution in [0.4, 0.5) is 0 Å². The molecule has 0 fully saturated rings. The minimum Gasteiger partial charge on any atom is -0.386 e. The molecule has 1 aromatic rings. The summed E-state index contributed by atoms with van der Waals surface area (Å²) in [5.74, 6) is -0.0410. The average molecular weight is 220 g/mol. The van der Waals surface area contributed by atoms with Crippen LogP contribution in [0.25, 0.3) is 0 Å². The molecular formula is C14H20O2. The van der Waals surface area contributed by atoms with Crippen molar-refractivity contribution in [1.29, 1.82) is 0 Å². The molecule has 0 radical (unpaired) electrons. The lowest BCUT2D eigenvalue weighted by atomic mass is 9.79. The SMILES string of the molecule is C=CC[C@](O)(C(C)C)[C@H](O)c1ccccc1. The third-order valence-electron chi connectivity index (χ3n) is 3.06. The van der Waals surface area contributed by atoms with Crippen LogP contribution in [-0.4, -0.2) is 15.8 Å². The minimum absolute atomic E-state index is 0.0410. The van der Waals surface area contributed by atoms with Crippen LogP contribution < -0.4 is 0 Å². The van der Waals surface area contributed by atoms with Gasteiger partial charge < -0.3 is 10.2 Å². The summed E-state index contributed by atoms with van der Waals surface area (Å²) in [7, 11) is 0. The third kappa shape index (κ3) is 2.52. The Hall–Kier alpha value is -1.12. The molecule has 0 bridgehead atoms. The topological polar surface area (TPSA) is 40.5 Å². The summed E-state index contributed by atoms with van der Waals surface area (Å²) in [6.07, 6.45) is 1.14. The van der Waals surface area contributed by atoms with E-state index in [9.17, 15) is 10.2 Å². The molecule has 0 aliphatic carbocycles. The van der Waals surface area contributed by atoms with Crippen molar-refractivity contribution >= 4 is 0 Å². The van der Waals surface area contributed by atoms with Crippen molar-refractivity contribution in [2.75, 3.05) is 0 Å². The fourth-order valence-electron chi connectivity index (χ4n) is 1.82. The van der Waals surface area contributed by atoms with E-state index in [-0.39, 0.29) is 5.92 Å². The zero-order valence-electron chi connectivity index (χ0n) is 9.93. The summed E-state index contributed by atoms with van der Waals surface area (Å²) in [6.45, 7) is 7.43. The van der Waals surface area contributed by atoms with Crippen molar-refractivity contribution in [3.8, 4) is 0 Å². The largest absolute Gasteiger partial charge is 0.386 e. The van der Waals surface area contributed by atoms with Gasteiger partial charge in [0.25, 0.3) is 0 Å². The molecular weight excluding hydrogens is 200 g/mol. The van der Waals surface area contributed by atoms with Gasteiger partial charge in [-0.3, -0.25) is 0 Å². The van der Waals surface area contributed by atoms with Crippen molar-refractivity contribution in [2.45, 2.75) is 32.0 Å². The number of aliphatic hydroxyl groups excluding tert-OH is 1. The van der Waals surface area contributed by atoms with Crippen LogP contribution in [0, 0.1) is 5.92 Å². The first-order valence-corrected chi connectivity index (χ1v) is 5.58. The molecule has 0 aliphatic rings. The Morgan fingerprint density at radius 1 is 1.31 bits per heavy atom. The van der Waals surface area contributed by atoms with Gasteiger partial charge in [-0.05, 0) is 17.9 Å². The molecule has 2 N–H and O–H groups in total. The summed E-state index contributed by atoms with van der Waals surface area (Å²) >= 11 is 0. The van der Waals surface area contributed by atoms with Crippen LogP contribution in [0.1, 0.15) is 31.9 Å². The lowest BCUT2D eigenvalue weighted by Gasteiger charge is -2.36. The summed E-state index contributed by atoms with van der Waals surface area (Å²) < 4.78 is 0. The molecule has 1 aromatic carbocycles. The number of benzene rings is 1. The van der Waals surface area contributed by atoms with Gasteiger partial charge in [-0.2, -0.15) is 0 Å². The maximum absolute atomic E-state index is 10.5. The number of hydrogen-bond acceptors (Lipinski definition) is 2. The van der Waals surface area contributed by atoms with Crippen LogP contribution in [-0.2, 0) is 0 Å². The smallest absolute Gasteiger partial charge is 0.108 e. The molecule has 0 spiro atoms. The van der Waals surface area contributed by atoms with Gasteiger partial charge in [-0.1, -0.05) is 50.3 Å². The Morgan fingerprint density at radius 2 is 1.88 bits per heavy atom. The van der Waals surface area contributed by atoms with Gasteiger partial charge in [0.15, 0.2) is 0 Å². The van der Waals surface area contributed by atoms with E-state index in [2.05, 4.69) is 6.58 Å². The molecule has 2 nitrogen and oxygen atoms in total. The van der Waals surface area contributed by atoms with Gasteiger partial charge in [0.1, 0.15) is 11.7 Å². The lowest BCUT2D eigenvalue weighted by Crippen LogP contribution is -2.41. The van der Waals surface area contributed by atoms with Crippen LogP contribution in [0.3, 0.4) is 0 Å². The van der Waals surface area contributed by atoms with Gasteiger partial charge in [-0.15, -0.1) is 6.58 Å². The molecule has 88 valence electrons. The zero-order valence-corrected chi connectivity index (χ0v) is 9.93. The van der Waals surface area contributed by atoms with Crippen LogP contribution in [0.15, 0.2) is 43.0 Å². The molecule has 2 atom stereocenters. The number of hydrogen-bond donors (Lipinski definition) is 2. The molecule has 2 heteroatoms. The fraction of sp³-hybridized carbons (Fsp3) is 0.429. The minimum atomic E-state index is -1.15. The monoisotopic (exact) mass is 220 g/mol. The molecule has 0 aliphatic heterocycles. The summed E-state index contributed by atoms with van der Waals surface area (Å²) in [6, 6.07) is 9.24. The molecule has 0 heterocycles. The Morgan fingerprint density at radius 3 is 2.31 bits per heavy atom. The van der Waals surface area contributed by atoms with E-state index in [0.29, 0.717) is 6.42 Å². The maximum atomic E-state index is 10.5. The Labute approximate surface area is 97.2 Å². The van der Waals surface area contributed by atoms with E-state index in [0.717, 1.165) is 5.56 Å². The van der Waals surface area contributed by atoms with E-state index >= 15 is 0 Å². The van der Waals surface area contributed by atoms with Gasteiger partial charge in [0, 0.05) is 0 Å². The van der Waals surface area contributed by atoms with Gasteiger partial charge in [-0.25, -0.2) is 0 Å². The van der Waals surface area contributed by atoms with Crippen molar-refractivity contribution in [1.82, 2.24) is 0 Å². The second-order valence-electron chi connectivity index (χ2n) is 4.45. The second kappa shape index (κ2) is 5.28. The standard InChI is InChI=1S/C14H20O2/c1-4-10-14(16,11(2)3)13(15)12-8-6-5-7-9-12/h4-9,11,13,15-16H,1,10H2,2-3H3/t13-,14+/m1/s1. The third-order valence-corrected chi connectivity index (χ3v) is 3.06. The van der Waals surface area contributed by atoms with E-state index in [4.69, 9.17) is 0 Å². The van der Waals surface area contributed by atoms with Crippen LogP contribution in [0.5, 0.6) is 0 Å². The Balaban J connectivity index is 3.00. The van der Waals surface area contributed by atoms with Crippen molar-refractivity contribution in [3.05, 3.63) is 48.6 Å². The van der Waals surface area contributed by atoms with E-state index < -0.39 is 11.7 Å². The van der Waals surface area contributed by atoms with Gasteiger partial charge in [0.2, 0.25) is 0 Å². The number of rotatable bonds is 5. The van der Waals surface area contributed by atoms with Gasteiger partial charge >= 0.3 is 0 Å². The highest BCUT2D eigenvalue weighted by molar-refractivity contribution is 5.21. The first-order chi connectivity index (χ1) is 7.52. The van der Waals surface area contributed by atoms with E-state index in [1.807, 2.05) is 44.2 Å². The molecule has 0 amide bonds. The predicted molar refractivity (Wildman–Crippen MR) is 66.0 cm³/mol. The molecule has 0 aromatic heterocycles. The predicted octanol–water partition coefficient (Wildman–Crippen LogP) is 2.68. The molecule has 16 heavy (non-hydrogen) atoms. The zero-order chi connectivity index (χ0) is 12.2. The molecule has 0 saturated carbocycles. The Kier molecular flexibility index (Phi) is 4.27. The van der Waals surface area contributed by atoms with Gasteiger partial charge in [0.05, 0.1) is 0 Å². The van der Waals surface area contributed by atoms with Crippen molar-refractivity contribution in [3.63, 3.8) is 0 Å². The number of aliphatic hydroxyl groups is 2. The summed E-state index contributed by atoms with van der Waals surface area (Å²) in [5, 5.41) is 20.7. The molecule has 0 unspecified atom stereocenters. The second-order valence-corrected chi connectivity index (χ2v) is 4.45. The molecule has 0 saturated heterocycles. The quantitative estimate of drug-likeness (QED) is 0.749. The van der Waals surface area contributed by atoms with E-state index in [1.54, 1.807) is 6.08 Å². The average Bonchev–Trinajstić information content (AvgIpc) is 2.29. The fourth-order valence-corrected chi connectivity index (χ4v) is 1.82. The van der Waals surface area contributed by atoms with Crippen molar-refractivity contribution in [2.24, 2.45) is 5.92 Å². The maximum Gasteiger partial charge on any atom is 0.108 e. The Bertz CT molecular complexity index is 332. The van der Waals surface area contributed by atoms with Crippen LogP contribution in [0.2, 0.25) is 0 Å². The first kappa shape index (κ1) is 12.9. The van der Waals surface area contributed by atoms with E-state index in [1.165, 1.54) is 0 Å².